The van der Waals surface area contributed by atoms with Crippen molar-refractivity contribution < 1.29 is 9.53 Å². The third kappa shape index (κ3) is 9.55. The minimum Gasteiger partial charge on any atom is -0.402 e. The maximum atomic E-state index is 12.5. The standard InChI is InChI=1S/C23H31N3O.C5H12O/c1-16(26-23(27)19-8-4-3-5-9-19)12-21(17(2)24)14-18-13-20-10-6-7-11-22(20)25-15-18;1-3-5-6-4-2/h6-7,10-11,13,15-16,19,21H,2-5,8-9,12,14,24H2,1H3,(H,26,27);3-5H2,1-2H3. The Morgan fingerprint density at radius 2 is 1.97 bits per heavy atom. The zero-order chi connectivity index (χ0) is 24.1. The Bertz CT molecular complexity index is 857. The van der Waals surface area contributed by atoms with E-state index in [4.69, 9.17) is 10.5 Å². The number of amides is 1. The summed E-state index contributed by atoms with van der Waals surface area (Å²) in [6.45, 7) is 11.9. The molecule has 2 atom stereocenters. The zero-order valence-electron chi connectivity index (χ0n) is 20.8. The summed E-state index contributed by atoms with van der Waals surface area (Å²) in [6, 6.07) is 10.4. The Hall–Kier alpha value is -2.40. The predicted octanol–water partition coefficient (Wildman–Crippen LogP) is 5.77. The highest BCUT2D eigenvalue weighted by Crippen LogP contribution is 2.25. The molecule has 33 heavy (non-hydrogen) atoms. The molecule has 5 nitrogen and oxygen atoms in total. The van der Waals surface area contributed by atoms with E-state index in [2.05, 4.69) is 42.9 Å². The van der Waals surface area contributed by atoms with Crippen LogP contribution in [-0.2, 0) is 16.0 Å². The van der Waals surface area contributed by atoms with Crippen LogP contribution in [0.3, 0.4) is 0 Å². The van der Waals surface area contributed by atoms with E-state index in [1.807, 2.05) is 31.3 Å². The molecule has 0 saturated heterocycles. The maximum Gasteiger partial charge on any atom is 0.223 e. The lowest BCUT2D eigenvalue weighted by Gasteiger charge is -2.26. The fraction of sp³-hybridized carbons (Fsp3) is 0.571. The number of carbonyl (C=O) groups is 1. The fourth-order valence-corrected chi connectivity index (χ4v) is 4.38. The van der Waals surface area contributed by atoms with Gasteiger partial charge in [0, 0.05) is 48.4 Å². The van der Waals surface area contributed by atoms with Crippen molar-refractivity contribution >= 4 is 16.8 Å². The maximum absolute atomic E-state index is 12.5. The molecule has 3 N–H and O–H groups in total. The Labute approximate surface area is 200 Å². The van der Waals surface area contributed by atoms with E-state index < -0.39 is 0 Å². The molecule has 1 aromatic heterocycles. The summed E-state index contributed by atoms with van der Waals surface area (Å²) in [7, 11) is 0. The van der Waals surface area contributed by atoms with Gasteiger partial charge in [0.25, 0.3) is 0 Å². The van der Waals surface area contributed by atoms with Crippen molar-refractivity contribution in [3.8, 4) is 0 Å². The fourth-order valence-electron chi connectivity index (χ4n) is 4.38. The minimum absolute atomic E-state index is 0.0816. The predicted molar refractivity (Wildman–Crippen MR) is 138 cm³/mol. The molecule has 1 aliphatic carbocycles. The number of fused-ring (bicyclic) bond motifs is 1. The van der Waals surface area contributed by atoms with E-state index >= 15 is 0 Å². The zero-order valence-corrected chi connectivity index (χ0v) is 20.8. The number of nitrogens with two attached hydrogens (primary N) is 1. The number of ether oxygens (including phenoxy) is 1. The van der Waals surface area contributed by atoms with Crippen LogP contribution in [-0.4, -0.2) is 30.1 Å². The monoisotopic (exact) mass is 453 g/mol. The number of nitrogens with zero attached hydrogens (tertiary/aromatic N) is 1. The van der Waals surface area contributed by atoms with Crippen LogP contribution in [0, 0.1) is 11.8 Å². The summed E-state index contributed by atoms with van der Waals surface area (Å²) < 4.78 is 4.98. The number of benzene rings is 1. The van der Waals surface area contributed by atoms with Gasteiger partial charge in [-0.3, -0.25) is 9.78 Å². The Balaban J connectivity index is 0.000000569. The molecule has 182 valence electrons. The molecule has 2 unspecified atom stereocenters. The van der Waals surface area contributed by atoms with E-state index in [1.165, 1.54) is 19.3 Å². The van der Waals surface area contributed by atoms with Crippen LogP contribution >= 0.6 is 0 Å². The van der Waals surface area contributed by atoms with Crippen molar-refractivity contribution in [2.24, 2.45) is 17.6 Å². The highest BCUT2D eigenvalue weighted by Gasteiger charge is 2.23. The van der Waals surface area contributed by atoms with E-state index in [9.17, 15) is 4.79 Å². The SMILES string of the molecule is C=C(N)C(Cc1cnc2ccccc2c1)CC(C)NC(=O)C1CCCCC1.CCCOCC. The number of para-hydroxylation sites is 1. The van der Waals surface area contributed by atoms with Gasteiger partial charge in [-0.2, -0.15) is 0 Å². The molecule has 1 aromatic carbocycles. The van der Waals surface area contributed by atoms with E-state index in [1.54, 1.807) is 0 Å². The van der Waals surface area contributed by atoms with Crippen molar-refractivity contribution in [1.29, 1.82) is 0 Å². The molecule has 0 radical (unpaired) electrons. The quantitative estimate of drug-likeness (QED) is 0.447. The lowest BCUT2D eigenvalue weighted by atomic mass is 9.87. The van der Waals surface area contributed by atoms with Gasteiger partial charge in [0.05, 0.1) is 5.52 Å². The smallest absolute Gasteiger partial charge is 0.223 e. The van der Waals surface area contributed by atoms with Crippen LogP contribution in [0.15, 0.2) is 48.8 Å². The second kappa shape index (κ2) is 14.7. The summed E-state index contributed by atoms with van der Waals surface area (Å²) in [6.07, 6.45) is 10.3. The second-order valence-corrected chi connectivity index (χ2v) is 9.19. The van der Waals surface area contributed by atoms with Gasteiger partial charge in [-0.05, 0) is 63.6 Å². The van der Waals surface area contributed by atoms with Gasteiger partial charge in [-0.1, -0.05) is 51.0 Å². The number of allylic oxidation sites excluding steroid dienone is 1. The number of nitrogens with one attached hydrogen (secondary N) is 1. The number of carbonyl (C=O) groups excluding carboxylic acids is 1. The van der Waals surface area contributed by atoms with Gasteiger partial charge in [-0.25, -0.2) is 0 Å². The van der Waals surface area contributed by atoms with Gasteiger partial charge < -0.3 is 15.8 Å². The van der Waals surface area contributed by atoms with Crippen LogP contribution < -0.4 is 11.1 Å². The molecule has 3 rings (SSSR count). The van der Waals surface area contributed by atoms with Crippen LogP contribution in [0.25, 0.3) is 10.9 Å². The minimum atomic E-state index is 0.0816. The summed E-state index contributed by atoms with van der Waals surface area (Å²) in [5.41, 5.74) is 8.91. The van der Waals surface area contributed by atoms with Crippen LogP contribution in [0.5, 0.6) is 0 Å². The highest BCUT2D eigenvalue weighted by atomic mass is 16.5. The topological polar surface area (TPSA) is 77.2 Å². The van der Waals surface area contributed by atoms with Crippen LogP contribution in [0.4, 0.5) is 0 Å². The average Bonchev–Trinajstić information content (AvgIpc) is 2.83. The lowest BCUT2D eigenvalue weighted by Crippen LogP contribution is -2.39. The third-order valence-corrected chi connectivity index (χ3v) is 6.21. The van der Waals surface area contributed by atoms with Crippen molar-refractivity contribution in [3.05, 3.63) is 54.4 Å². The first kappa shape index (κ1) is 26.8. The molecule has 2 aromatic rings. The normalized spacial score (nSPS) is 15.8. The van der Waals surface area contributed by atoms with Gasteiger partial charge in [0.15, 0.2) is 0 Å². The lowest BCUT2D eigenvalue weighted by molar-refractivity contribution is -0.126. The summed E-state index contributed by atoms with van der Waals surface area (Å²) >= 11 is 0. The number of aromatic nitrogens is 1. The van der Waals surface area contributed by atoms with Gasteiger partial charge in [-0.15, -0.1) is 0 Å². The first-order chi connectivity index (χ1) is 15.9. The molecular formula is C28H43N3O2. The van der Waals surface area contributed by atoms with Gasteiger partial charge in [0.2, 0.25) is 5.91 Å². The molecule has 0 aliphatic heterocycles. The summed E-state index contributed by atoms with van der Waals surface area (Å²) in [4.78, 5) is 17.0. The number of pyridine rings is 1. The molecule has 1 amide bonds. The molecule has 1 fully saturated rings. The molecular weight excluding hydrogens is 410 g/mol. The van der Waals surface area contributed by atoms with Crippen molar-refractivity contribution in [1.82, 2.24) is 10.3 Å². The molecule has 0 bridgehead atoms. The first-order valence-electron chi connectivity index (χ1n) is 12.6. The molecule has 1 heterocycles. The van der Waals surface area contributed by atoms with E-state index in [0.717, 1.165) is 61.8 Å². The molecule has 5 heteroatoms. The Kier molecular flexibility index (Phi) is 12.0. The van der Waals surface area contributed by atoms with Crippen molar-refractivity contribution in [3.63, 3.8) is 0 Å². The molecule has 1 saturated carbocycles. The first-order valence-corrected chi connectivity index (χ1v) is 12.6. The average molecular weight is 454 g/mol. The van der Waals surface area contributed by atoms with Gasteiger partial charge in [0.1, 0.15) is 0 Å². The molecule has 1 aliphatic rings. The second-order valence-electron chi connectivity index (χ2n) is 9.19. The Morgan fingerprint density at radius 3 is 2.61 bits per heavy atom. The summed E-state index contributed by atoms with van der Waals surface area (Å²) in [5, 5.41) is 4.33. The number of rotatable bonds is 10. The third-order valence-electron chi connectivity index (χ3n) is 6.21. The van der Waals surface area contributed by atoms with E-state index in [-0.39, 0.29) is 23.8 Å². The Morgan fingerprint density at radius 1 is 1.24 bits per heavy atom. The van der Waals surface area contributed by atoms with Crippen molar-refractivity contribution in [2.45, 2.75) is 78.2 Å². The van der Waals surface area contributed by atoms with Crippen LogP contribution in [0.2, 0.25) is 0 Å². The van der Waals surface area contributed by atoms with Crippen molar-refractivity contribution in [2.75, 3.05) is 13.2 Å². The largest absolute Gasteiger partial charge is 0.402 e. The van der Waals surface area contributed by atoms with Gasteiger partial charge >= 0.3 is 0 Å². The number of hydrogen-bond acceptors (Lipinski definition) is 4. The van der Waals surface area contributed by atoms with Crippen LogP contribution in [0.1, 0.15) is 71.3 Å². The van der Waals surface area contributed by atoms with E-state index in [0.29, 0.717) is 5.70 Å². The number of hydrogen-bond donors (Lipinski definition) is 2. The molecule has 0 spiro atoms. The summed E-state index contributed by atoms with van der Waals surface area (Å²) in [5.74, 6) is 0.510. The highest BCUT2D eigenvalue weighted by molar-refractivity contribution is 5.79.